The second-order valence-electron chi connectivity index (χ2n) is 3.72. The SMILES string of the molecule is O=C(Cc1cccs1)c1ccccc1C(F)(F)F. The van der Waals surface area contributed by atoms with E-state index < -0.39 is 17.5 Å². The van der Waals surface area contributed by atoms with Crippen LogP contribution in [-0.2, 0) is 12.6 Å². The van der Waals surface area contributed by atoms with Crippen molar-refractivity contribution in [2.75, 3.05) is 0 Å². The van der Waals surface area contributed by atoms with Gasteiger partial charge < -0.3 is 0 Å². The Morgan fingerprint density at radius 3 is 2.44 bits per heavy atom. The summed E-state index contributed by atoms with van der Waals surface area (Å²) < 4.78 is 38.2. The number of benzene rings is 1. The Kier molecular flexibility index (Phi) is 3.52. The van der Waals surface area contributed by atoms with Crippen LogP contribution in [0.5, 0.6) is 0 Å². The van der Waals surface area contributed by atoms with Gasteiger partial charge in [0.25, 0.3) is 0 Å². The number of Topliss-reactive ketones (excluding diaryl/α,β-unsaturated/α-hetero) is 1. The molecule has 0 aliphatic carbocycles. The molecule has 0 N–H and O–H groups in total. The van der Waals surface area contributed by atoms with Gasteiger partial charge in [0.05, 0.1) is 5.56 Å². The maximum Gasteiger partial charge on any atom is 0.417 e. The lowest BCUT2D eigenvalue weighted by atomic mass is 10.0. The lowest BCUT2D eigenvalue weighted by Crippen LogP contribution is -2.14. The standard InChI is InChI=1S/C13H9F3OS/c14-13(15,16)11-6-2-1-5-10(11)12(17)8-9-4-3-7-18-9/h1-7H,8H2. The maximum atomic E-state index is 12.7. The predicted octanol–water partition coefficient (Wildman–Crippen LogP) is 4.19. The van der Waals surface area contributed by atoms with Crippen molar-refractivity contribution in [3.8, 4) is 0 Å². The van der Waals surface area contributed by atoms with Crippen LogP contribution in [0.1, 0.15) is 20.8 Å². The molecule has 0 fully saturated rings. The lowest BCUT2D eigenvalue weighted by Gasteiger charge is -2.11. The van der Waals surface area contributed by atoms with E-state index in [1.54, 1.807) is 17.5 Å². The van der Waals surface area contributed by atoms with Crippen molar-refractivity contribution >= 4 is 17.1 Å². The number of carbonyl (C=O) groups excluding carboxylic acids is 1. The third-order valence-corrected chi connectivity index (χ3v) is 3.32. The van der Waals surface area contributed by atoms with Gasteiger partial charge in [0, 0.05) is 16.9 Å². The zero-order valence-electron chi connectivity index (χ0n) is 9.20. The molecule has 0 spiro atoms. The van der Waals surface area contributed by atoms with E-state index in [4.69, 9.17) is 0 Å². The summed E-state index contributed by atoms with van der Waals surface area (Å²) in [7, 11) is 0. The third kappa shape index (κ3) is 2.79. The topological polar surface area (TPSA) is 17.1 Å². The summed E-state index contributed by atoms with van der Waals surface area (Å²) in [5, 5.41) is 1.79. The third-order valence-electron chi connectivity index (χ3n) is 2.45. The average molecular weight is 270 g/mol. The fourth-order valence-corrected chi connectivity index (χ4v) is 2.34. The Balaban J connectivity index is 2.31. The summed E-state index contributed by atoms with van der Waals surface area (Å²) >= 11 is 1.36. The van der Waals surface area contributed by atoms with E-state index in [1.807, 2.05) is 0 Å². The molecule has 18 heavy (non-hydrogen) atoms. The summed E-state index contributed by atoms with van der Waals surface area (Å²) in [5.41, 5.74) is -1.13. The van der Waals surface area contributed by atoms with Crippen LogP contribution in [0.3, 0.4) is 0 Å². The monoisotopic (exact) mass is 270 g/mol. The molecular weight excluding hydrogens is 261 g/mol. The largest absolute Gasteiger partial charge is 0.417 e. The molecule has 0 saturated carbocycles. The molecule has 2 aromatic rings. The van der Waals surface area contributed by atoms with Gasteiger partial charge in [0.1, 0.15) is 0 Å². The van der Waals surface area contributed by atoms with Crippen molar-refractivity contribution < 1.29 is 18.0 Å². The normalized spacial score (nSPS) is 11.5. The molecule has 1 aromatic heterocycles. The van der Waals surface area contributed by atoms with Gasteiger partial charge in [0.2, 0.25) is 0 Å². The molecule has 0 atom stereocenters. The first-order chi connectivity index (χ1) is 8.48. The molecule has 0 aliphatic heterocycles. The lowest BCUT2D eigenvalue weighted by molar-refractivity contribution is -0.137. The second-order valence-corrected chi connectivity index (χ2v) is 4.75. The second kappa shape index (κ2) is 4.94. The van der Waals surface area contributed by atoms with E-state index in [0.29, 0.717) is 0 Å². The summed E-state index contributed by atoms with van der Waals surface area (Å²) in [6.07, 6.45) is -4.49. The Morgan fingerprint density at radius 1 is 1.11 bits per heavy atom. The summed E-state index contributed by atoms with van der Waals surface area (Å²) in [6, 6.07) is 8.38. The van der Waals surface area contributed by atoms with E-state index in [9.17, 15) is 18.0 Å². The molecule has 1 nitrogen and oxygen atoms in total. The zero-order chi connectivity index (χ0) is 13.2. The quantitative estimate of drug-likeness (QED) is 0.764. The van der Waals surface area contributed by atoms with Crippen LogP contribution in [0.15, 0.2) is 41.8 Å². The van der Waals surface area contributed by atoms with Gasteiger partial charge in [-0.3, -0.25) is 4.79 Å². The molecule has 0 saturated heterocycles. The van der Waals surface area contributed by atoms with Crippen LogP contribution >= 0.6 is 11.3 Å². The number of rotatable bonds is 3. The van der Waals surface area contributed by atoms with Gasteiger partial charge >= 0.3 is 6.18 Å². The molecular formula is C13H9F3OS. The van der Waals surface area contributed by atoms with Crippen molar-refractivity contribution in [3.63, 3.8) is 0 Å². The Morgan fingerprint density at radius 2 is 1.83 bits per heavy atom. The summed E-state index contributed by atoms with van der Waals surface area (Å²) in [4.78, 5) is 12.6. The molecule has 1 aromatic carbocycles. The van der Waals surface area contributed by atoms with E-state index in [-0.39, 0.29) is 12.0 Å². The first-order valence-electron chi connectivity index (χ1n) is 5.20. The minimum absolute atomic E-state index is 0.00472. The number of carbonyl (C=O) groups is 1. The van der Waals surface area contributed by atoms with Crippen molar-refractivity contribution in [3.05, 3.63) is 57.8 Å². The first-order valence-corrected chi connectivity index (χ1v) is 6.08. The first kappa shape index (κ1) is 12.8. The summed E-state index contributed by atoms with van der Waals surface area (Å²) in [6.45, 7) is 0. The van der Waals surface area contributed by atoms with Gasteiger partial charge in [-0.1, -0.05) is 24.3 Å². The molecule has 0 bridgehead atoms. The highest BCUT2D eigenvalue weighted by Crippen LogP contribution is 2.32. The van der Waals surface area contributed by atoms with E-state index in [1.165, 1.54) is 29.5 Å². The molecule has 2 rings (SSSR count). The summed E-state index contributed by atoms with van der Waals surface area (Å²) in [5.74, 6) is -0.509. The van der Waals surface area contributed by atoms with E-state index in [2.05, 4.69) is 0 Å². The van der Waals surface area contributed by atoms with Crippen LogP contribution in [0.2, 0.25) is 0 Å². The number of thiophene rings is 1. The number of hydrogen-bond acceptors (Lipinski definition) is 2. The zero-order valence-corrected chi connectivity index (χ0v) is 10.0. The van der Waals surface area contributed by atoms with Gasteiger partial charge in [-0.15, -0.1) is 11.3 Å². The Hall–Kier alpha value is -1.62. The average Bonchev–Trinajstić information content (AvgIpc) is 2.80. The molecule has 0 radical (unpaired) electrons. The smallest absolute Gasteiger partial charge is 0.294 e. The number of ketones is 1. The highest BCUT2D eigenvalue weighted by molar-refractivity contribution is 7.10. The Bertz CT molecular complexity index is 544. The van der Waals surface area contributed by atoms with Crippen molar-refractivity contribution in [1.82, 2.24) is 0 Å². The van der Waals surface area contributed by atoms with Gasteiger partial charge in [0.15, 0.2) is 5.78 Å². The molecule has 5 heteroatoms. The van der Waals surface area contributed by atoms with Crippen LogP contribution in [0, 0.1) is 0 Å². The predicted molar refractivity (Wildman–Crippen MR) is 63.8 cm³/mol. The molecule has 94 valence electrons. The van der Waals surface area contributed by atoms with Gasteiger partial charge in [-0.05, 0) is 17.5 Å². The number of hydrogen-bond donors (Lipinski definition) is 0. The number of halogens is 3. The van der Waals surface area contributed by atoms with Gasteiger partial charge in [-0.2, -0.15) is 13.2 Å². The van der Waals surface area contributed by atoms with Crippen LogP contribution in [0.25, 0.3) is 0 Å². The maximum absolute atomic E-state index is 12.7. The van der Waals surface area contributed by atoms with Crippen LogP contribution in [-0.4, -0.2) is 5.78 Å². The minimum Gasteiger partial charge on any atom is -0.294 e. The van der Waals surface area contributed by atoms with Crippen LogP contribution in [0.4, 0.5) is 13.2 Å². The van der Waals surface area contributed by atoms with Crippen molar-refractivity contribution in [2.24, 2.45) is 0 Å². The number of alkyl halides is 3. The van der Waals surface area contributed by atoms with Crippen molar-refractivity contribution in [2.45, 2.75) is 12.6 Å². The fourth-order valence-electron chi connectivity index (χ4n) is 1.64. The fraction of sp³-hybridized carbons (Fsp3) is 0.154. The van der Waals surface area contributed by atoms with Crippen LogP contribution < -0.4 is 0 Å². The van der Waals surface area contributed by atoms with Crippen molar-refractivity contribution in [1.29, 1.82) is 0 Å². The highest BCUT2D eigenvalue weighted by atomic mass is 32.1. The van der Waals surface area contributed by atoms with Gasteiger partial charge in [-0.25, -0.2) is 0 Å². The van der Waals surface area contributed by atoms with E-state index >= 15 is 0 Å². The minimum atomic E-state index is -4.50. The van der Waals surface area contributed by atoms with E-state index in [0.717, 1.165) is 10.9 Å². The molecule has 1 heterocycles. The highest BCUT2D eigenvalue weighted by Gasteiger charge is 2.34. The molecule has 0 amide bonds. The Labute approximate surface area is 106 Å². The molecule has 0 aliphatic rings. The molecule has 0 unspecified atom stereocenters.